The van der Waals surface area contributed by atoms with Crippen LogP contribution in [0.3, 0.4) is 0 Å². The molecular weight excluding hydrogens is 144 g/mol. The summed E-state index contributed by atoms with van der Waals surface area (Å²) in [6.45, 7) is 1.78. The summed E-state index contributed by atoms with van der Waals surface area (Å²) in [5.74, 6) is 0.152. The molecule has 0 aromatic rings. The van der Waals surface area contributed by atoms with E-state index in [2.05, 4.69) is 0 Å². The lowest BCUT2D eigenvalue weighted by Crippen LogP contribution is -2.40. The van der Waals surface area contributed by atoms with Crippen LogP contribution in [0.2, 0.25) is 0 Å². The van der Waals surface area contributed by atoms with E-state index >= 15 is 0 Å². The zero-order chi connectivity index (χ0) is 8.06. The van der Waals surface area contributed by atoms with Gasteiger partial charge < -0.3 is 9.84 Å². The summed E-state index contributed by atoms with van der Waals surface area (Å²) in [6, 6.07) is 0. The molecule has 3 unspecified atom stereocenters. The third kappa shape index (κ3) is 0.993. The van der Waals surface area contributed by atoms with Crippen molar-refractivity contribution in [2.24, 2.45) is 0 Å². The van der Waals surface area contributed by atoms with Crippen LogP contribution in [0, 0.1) is 0 Å². The first-order valence-electron chi connectivity index (χ1n) is 3.99. The molecule has 0 amide bonds. The molecule has 2 aliphatic rings. The van der Waals surface area contributed by atoms with Gasteiger partial charge in [0.25, 0.3) is 0 Å². The summed E-state index contributed by atoms with van der Waals surface area (Å²) in [5, 5.41) is 9.34. The van der Waals surface area contributed by atoms with Crippen LogP contribution >= 0.6 is 0 Å². The van der Waals surface area contributed by atoms with Gasteiger partial charge in [-0.25, -0.2) is 0 Å². The Kier molecular flexibility index (Phi) is 1.35. The Hall–Kier alpha value is -0.410. The number of Topliss-reactive ketones (excluding diaryl/α,β-unsaturated/α-hetero) is 1. The molecule has 0 radical (unpaired) electrons. The molecule has 2 aliphatic heterocycles. The molecular formula is C8H12O3. The lowest BCUT2D eigenvalue weighted by molar-refractivity contribution is -0.144. The summed E-state index contributed by atoms with van der Waals surface area (Å²) in [7, 11) is 0. The summed E-state index contributed by atoms with van der Waals surface area (Å²) in [6.07, 6.45) is 1.23. The second-order valence-electron chi connectivity index (χ2n) is 3.69. The predicted molar refractivity (Wildman–Crippen MR) is 38.1 cm³/mol. The van der Waals surface area contributed by atoms with Crippen molar-refractivity contribution >= 4 is 5.78 Å². The molecule has 0 aromatic heterocycles. The van der Waals surface area contributed by atoms with Crippen LogP contribution in [0.1, 0.15) is 26.2 Å². The standard InChI is InChI=1S/C8H12O3/c1-8-4-5(9)2-6(11-8)3-7(8)10/h5-6,9H,2-4H2,1H3. The fraction of sp³-hybridized carbons (Fsp3) is 0.875. The van der Waals surface area contributed by atoms with Crippen LogP contribution in [0.25, 0.3) is 0 Å². The van der Waals surface area contributed by atoms with E-state index in [9.17, 15) is 9.90 Å². The monoisotopic (exact) mass is 156 g/mol. The average Bonchev–Trinajstić information content (AvgIpc) is 2.02. The van der Waals surface area contributed by atoms with Gasteiger partial charge in [-0.3, -0.25) is 4.79 Å². The topological polar surface area (TPSA) is 46.5 Å². The molecule has 3 nitrogen and oxygen atoms in total. The van der Waals surface area contributed by atoms with Crippen molar-refractivity contribution in [3.63, 3.8) is 0 Å². The maximum atomic E-state index is 11.3. The molecule has 2 rings (SSSR count). The van der Waals surface area contributed by atoms with E-state index < -0.39 is 5.60 Å². The smallest absolute Gasteiger partial charge is 0.167 e. The quantitative estimate of drug-likeness (QED) is 0.547. The van der Waals surface area contributed by atoms with E-state index in [4.69, 9.17) is 4.74 Å². The van der Waals surface area contributed by atoms with Gasteiger partial charge in [0, 0.05) is 19.3 Å². The molecule has 2 bridgehead atoms. The Bertz CT molecular complexity index is 202. The van der Waals surface area contributed by atoms with E-state index in [-0.39, 0.29) is 18.0 Å². The molecule has 2 saturated heterocycles. The third-order valence-electron chi connectivity index (χ3n) is 2.59. The fourth-order valence-electron chi connectivity index (χ4n) is 2.03. The molecule has 0 aromatic carbocycles. The van der Waals surface area contributed by atoms with Gasteiger partial charge in [-0.05, 0) is 6.92 Å². The van der Waals surface area contributed by atoms with Crippen molar-refractivity contribution in [3.8, 4) is 0 Å². The highest BCUT2D eigenvalue weighted by atomic mass is 16.5. The number of hydrogen-bond acceptors (Lipinski definition) is 3. The number of hydrogen-bond donors (Lipinski definition) is 1. The minimum absolute atomic E-state index is 0.0174. The first kappa shape index (κ1) is 7.25. The number of carbonyl (C=O) groups excluding carboxylic acids is 1. The van der Waals surface area contributed by atoms with Crippen LogP contribution in [0.15, 0.2) is 0 Å². The van der Waals surface area contributed by atoms with Gasteiger partial charge in [-0.2, -0.15) is 0 Å². The first-order valence-corrected chi connectivity index (χ1v) is 3.99. The van der Waals surface area contributed by atoms with E-state index in [0.717, 1.165) is 0 Å². The van der Waals surface area contributed by atoms with Gasteiger partial charge in [0.15, 0.2) is 5.78 Å². The highest BCUT2D eigenvalue weighted by Crippen LogP contribution is 2.38. The molecule has 2 fully saturated rings. The predicted octanol–water partition coefficient (Wildman–Crippen LogP) is 0.258. The molecule has 1 N–H and O–H groups in total. The summed E-state index contributed by atoms with van der Waals surface area (Å²) >= 11 is 0. The van der Waals surface area contributed by atoms with Crippen LogP contribution in [0.5, 0.6) is 0 Å². The first-order chi connectivity index (χ1) is 5.10. The van der Waals surface area contributed by atoms with Gasteiger partial charge >= 0.3 is 0 Å². The van der Waals surface area contributed by atoms with E-state index in [1.807, 2.05) is 0 Å². The second kappa shape index (κ2) is 2.05. The third-order valence-corrected chi connectivity index (χ3v) is 2.59. The van der Waals surface area contributed by atoms with E-state index in [1.165, 1.54) is 0 Å². The van der Waals surface area contributed by atoms with Gasteiger partial charge in [-0.15, -0.1) is 0 Å². The summed E-state index contributed by atoms with van der Waals surface area (Å²) < 4.78 is 5.46. The Morgan fingerprint density at radius 3 is 3.09 bits per heavy atom. The molecule has 0 saturated carbocycles. The molecule has 11 heavy (non-hydrogen) atoms. The number of ether oxygens (including phenoxy) is 1. The SMILES string of the molecule is CC12CC(O)CC(CC1=O)O2. The number of carbonyl (C=O) groups is 1. The molecule has 0 aliphatic carbocycles. The van der Waals surface area contributed by atoms with Crippen LogP contribution < -0.4 is 0 Å². The molecule has 0 spiro atoms. The van der Waals surface area contributed by atoms with Crippen molar-refractivity contribution in [2.75, 3.05) is 0 Å². The number of ketones is 1. The van der Waals surface area contributed by atoms with Crippen LogP contribution in [-0.4, -0.2) is 28.7 Å². The molecule has 2 heterocycles. The van der Waals surface area contributed by atoms with Gasteiger partial charge in [0.1, 0.15) is 5.60 Å². The van der Waals surface area contributed by atoms with E-state index in [0.29, 0.717) is 19.3 Å². The van der Waals surface area contributed by atoms with Crippen molar-refractivity contribution in [1.82, 2.24) is 0 Å². The van der Waals surface area contributed by atoms with Crippen molar-refractivity contribution in [2.45, 2.75) is 44.0 Å². The number of rotatable bonds is 0. The number of aliphatic hydroxyl groups excluding tert-OH is 1. The van der Waals surface area contributed by atoms with Gasteiger partial charge in [-0.1, -0.05) is 0 Å². The van der Waals surface area contributed by atoms with E-state index in [1.54, 1.807) is 6.92 Å². The Balaban J connectivity index is 2.25. The molecule has 62 valence electrons. The van der Waals surface area contributed by atoms with Crippen molar-refractivity contribution < 1.29 is 14.6 Å². The molecule has 3 heteroatoms. The fourth-order valence-corrected chi connectivity index (χ4v) is 2.03. The maximum absolute atomic E-state index is 11.3. The zero-order valence-electron chi connectivity index (χ0n) is 6.54. The van der Waals surface area contributed by atoms with Crippen molar-refractivity contribution in [1.29, 1.82) is 0 Å². The Morgan fingerprint density at radius 2 is 2.45 bits per heavy atom. The van der Waals surface area contributed by atoms with Crippen molar-refractivity contribution in [3.05, 3.63) is 0 Å². The zero-order valence-corrected chi connectivity index (χ0v) is 6.54. The summed E-state index contributed by atoms with van der Waals surface area (Å²) in [5.41, 5.74) is -0.664. The van der Waals surface area contributed by atoms with Gasteiger partial charge in [0.05, 0.1) is 12.2 Å². The van der Waals surface area contributed by atoms with Crippen LogP contribution in [0.4, 0.5) is 0 Å². The molecule has 3 atom stereocenters. The lowest BCUT2D eigenvalue weighted by atomic mass is 9.95. The Morgan fingerprint density at radius 1 is 1.73 bits per heavy atom. The number of aliphatic hydroxyl groups is 1. The Labute approximate surface area is 65.4 Å². The minimum atomic E-state index is -0.664. The highest BCUT2D eigenvalue weighted by molar-refractivity contribution is 5.89. The normalized spacial score (nSPS) is 49.8. The average molecular weight is 156 g/mol. The van der Waals surface area contributed by atoms with Crippen LogP contribution in [-0.2, 0) is 9.53 Å². The largest absolute Gasteiger partial charge is 0.393 e. The second-order valence-corrected chi connectivity index (χ2v) is 3.69. The highest BCUT2D eigenvalue weighted by Gasteiger charge is 2.49. The lowest BCUT2D eigenvalue weighted by Gasteiger charge is -2.31. The maximum Gasteiger partial charge on any atom is 0.167 e. The summed E-state index contributed by atoms with van der Waals surface area (Å²) in [4.78, 5) is 11.3. The van der Waals surface area contributed by atoms with Gasteiger partial charge in [0.2, 0.25) is 0 Å². The minimum Gasteiger partial charge on any atom is -0.393 e. The number of fused-ring (bicyclic) bond motifs is 2.